The van der Waals surface area contributed by atoms with E-state index in [4.69, 9.17) is 4.74 Å². The van der Waals surface area contributed by atoms with E-state index in [1.807, 2.05) is 0 Å². The van der Waals surface area contributed by atoms with Gasteiger partial charge < -0.3 is 20.5 Å². The predicted molar refractivity (Wildman–Crippen MR) is 92.9 cm³/mol. The second kappa shape index (κ2) is 11.2. The first kappa shape index (κ1) is 21.6. The van der Waals surface area contributed by atoms with Crippen molar-refractivity contribution >= 4 is 18.3 Å². The van der Waals surface area contributed by atoms with Gasteiger partial charge >= 0.3 is 0 Å². The van der Waals surface area contributed by atoms with Gasteiger partial charge in [-0.3, -0.25) is 4.79 Å². The van der Waals surface area contributed by atoms with Crippen molar-refractivity contribution in [2.75, 3.05) is 26.2 Å². The molecular formula is C17H25ClF2N2O3. The second-order valence-corrected chi connectivity index (χ2v) is 6.08. The Balaban J connectivity index is 0.00000312. The van der Waals surface area contributed by atoms with Gasteiger partial charge in [0.15, 0.2) is 11.6 Å². The average molecular weight is 379 g/mol. The van der Waals surface area contributed by atoms with Gasteiger partial charge in [-0.05, 0) is 50.4 Å². The molecule has 2 rings (SSSR count). The topological polar surface area (TPSA) is 70.6 Å². The molecular weight excluding hydrogens is 354 g/mol. The molecule has 0 aliphatic carbocycles. The van der Waals surface area contributed by atoms with E-state index in [2.05, 4.69) is 10.6 Å². The highest BCUT2D eigenvalue weighted by molar-refractivity contribution is 5.85. The minimum Gasteiger partial charge on any atom is -0.491 e. The smallest absolute Gasteiger partial charge is 0.220 e. The first-order valence-electron chi connectivity index (χ1n) is 8.28. The van der Waals surface area contributed by atoms with Gasteiger partial charge in [-0.2, -0.15) is 0 Å². The van der Waals surface area contributed by atoms with Crippen LogP contribution in [0, 0.1) is 17.6 Å². The zero-order valence-corrected chi connectivity index (χ0v) is 14.8. The van der Waals surface area contributed by atoms with E-state index in [1.54, 1.807) is 0 Å². The zero-order chi connectivity index (χ0) is 17.4. The molecule has 5 nitrogen and oxygen atoms in total. The van der Waals surface area contributed by atoms with Crippen LogP contribution in [0.25, 0.3) is 0 Å². The van der Waals surface area contributed by atoms with E-state index in [-0.39, 0.29) is 37.2 Å². The molecule has 1 aromatic rings. The zero-order valence-electron chi connectivity index (χ0n) is 14.0. The summed E-state index contributed by atoms with van der Waals surface area (Å²) in [6, 6.07) is 3.15. The minimum absolute atomic E-state index is 0. The van der Waals surface area contributed by atoms with Gasteiger partial charge in [0, 0.05) is 19.0 Å². The van der Waals surface area contributed by atoms with E-state index in [0.29, 0.717) is 12.3 Å². The Bertz CT molecular complexity index is 543. The number of carbonyl (C=O) groups is 1. The Morgan fingerprint density at radius 2 is 2.04 bits per heavy atom. The molecule has 3 N–H and O–H groups in total. The summed E-state index contributed by atoms with van der Waals surface area (Å²) < 4.78 is 31.0. The number of ether oxygens (including phenoxy) is 1. The summed E-state index contributed by atoms with van der Waals surface area (Å²) in [5.41, 5.74) is 0. The molecule has 1 amide bonds. The van der Waals surface area contributed by atoms with Crippen molar-refractivity contribution in [1.82, 2.24) is 10.6 Å². The molecule has 1 fully saturated rings. The Morgan fingerprint density at radius 3 is 2.72 bits per heavy atom. The van der Waals surface area contributed by atoms with Crippen LogP contribution in [0.15, 0.2) is 18.2 Å². The standard InChI is InChI=1S/C17H24F2N2O3.ClH/c18-15-3-2-14(9-16(15)19)24-11-13(22)10-21-17(23)4-1-12-5-7-20-8-6-12;/h2-3,9,12-13,20,22H,1,4-8,10-11H2,(H,21,23);1H. The van der Waals surface area contributed by atoms with E-state index in [0.717, 1.165) is 44.5 Å². The van der Waals surface area contributed by atoms with E-state index < -0.39 is 17.7 Å². The van der Waals surface area contributed by atoms with Crippen molar-refractivity contribution < 1.29 is 23.4 Å². The van der Waals surface area contributed by atoms with Crippen molar-refractivity contribution in [3.63, 3.8) is 0 Å². The highest BCUT2D eigenvalue weighted by atomic mass is 35.5. The molecule has 25 heavy (non-hydrogen) atoms. The number of aliphatic hydroxyl groups excluding tert-OH is 1. The highest BCUT2D eigenvalue weighted by Gasteiger charge is 2.15. The molecule has 1 saturated heterocycles. The fourth-order valence-electron chi connectivity index (χ4n) is 2.64. The van der Waals surface area contributed by atoms with Crippen LogP contribution in [0.3, 0.4) is 0 Å². The lowest BCUT2D eigenvalue weighted by Gasteiger charge is -2.22. The molecule has 1 aliphatic heterocycles. The summed E-state index contributed by atoms with van der Waals surface area (Å²) in [7, 11) is 0. The highest BCUT2D eigenvalue weighted by Crippen LogP contribution is 2.17. The van der Waals surface area contributed by atoms with Crippen molar-refractivity contribution in [2.24, 2.45) is 5.92 Å². The maximum absolute atomic E-state index is 13.0. The van der Waals surface area contributed by atoms with Crippen LogP contribution in [0.1, 0.15) is 25.7 Å². The minimum atomic E-state index is -1.01. The van der Waals surface area contributed by atoms with Crippen LogP contribution in [0.5, 0.6) is 5.75 Å². The Hall–Kier alpha value is -1.44. The van der Waals surface area contributed by atoms with Gasteiger partial charge in [-0.25, -0.2) is 8.78 Å². The lowest BCUT2D eigenvalue weighted by Crippen LogP contribution is -2.35. The fraction of sp³-hybridized carbons (Fsp3) is 0.588. The first-order chi connectivity index (χ1) is 11.5. The molecule has 0 spiro atoms. The molecule has 0 radical (unpaired) electrons. The fourth-order valence-corrected chi connectivity index (χ4v) is 2.64. The number of amides is 1. The molecule has 0 aromatic heterocycles. The number of halogens is 3. The van der Waals surface area contributed by atoms with Gasteiger partial charge in [0.2, 0.25) is 5.91 Å². The number of aliphatic hydroxyl groups is 1. The van der Waals surface area contributed by atoms with Crippen LogP contribution in [0.4, 0.5) is 8.78 Å². The van der Waals surface area contributed by atoms with E-state index in [9.17, 15) is 18.7 Å². The number of benzene rings is 1. The van der Waals surface area contributed by atoms with Gasteiger partial charge in [0.25, 0.3) is 0 Å². The predicted octanol–water partition coefficient (Wildman–Crippen LogP) is 2.02. The molecule has 1 heterocycles. The number of carbonyl (C=O) groups excluding carboxylic acids is 1. The molecule has 0 saturated carbocycles. The van der Waals surface area contributed by atoms with Gasteiger partial charge in [0.05, 0.1) is 0 Å². The number of piperidine rings is 1. The van der Waals surface area contributed by atoms with Gasteiger partial charge in [0.1, 0.15) is 18.5 Å². The maximum Gasteiger partial charge on any atom is 0.220 e. The van der Waals surface area contributed by atoms with Crippen molar-refractivity contribution in [3.8, 4) is 5.75 Å². The number of rotatable bonds is 8. The van der Waals surface area contributed by atoms with Crippen LogP contribution in [-0.2, 0) is 4.79 Å². The molecule has 0 bridgehead atoms. The third-order valence-electron chi connectivity index (χ3n) is 4.11. The third kappa shape index (κ3) is 7.98. The van der Waals surface area contributed by atoms with Crippen molar-refractivity contribution in [3.05, 3.63) is 29.8 Å². The molecule has 8 heteroatoms. The normalized spacial score (nSPS) is 16.0. The molecule has 1 atom stereocenters. The first-order valence-corrected chi connectivity index (χ1v) is 8.28. The second-order valence-electron chi connectivity index (χ2n) is 6.08. The van der Waals surface area contributed by atoms with Crippen molar-refractivity contribution in [1.29, 1.82) is 0 Å². The monoisotopic (exact) mass is 378 g/mol. The molecule has 1 aliphatic rings. The van der Waals surface area contributed by atoms with E-state index in [1.165, 1.54) is 6.07 Å². The molecule has 1 unspecified atom stereocenters. The van der Waals surface area contributed by atoms with Gasteiger partial charge in [-0.1, -0.05) is 0 Å². The summed E-state index contributed by atoms with van der Waals surface area (Å²) in [6.07, 6.45) is 2.58. The quantitative estimate of drug-likeness (QED) is 0.647. The number of hydrogen-bond acceptors (Lipinski definition) is 4. The summed E-state index contributed by atoms with van der Waals surface area (Å²) in [6.45, 7) is 1.97. The van der Waals surface area contributed by atoms with Crippen LogP contribution >= 0.6 is 12.4 Å². The van der Waals surface area contributed by atoms with Crippen molar-refractivity contribution in [2.45, 2.75) is 31.8 Å². The summed E-state index contributed by atoms with van der Waals surface area (Å²) in [5, 5.41) is 15.7. The maximum atomic E-state index is 13.0. The summed E-state index contributed by atoms with van der Waals surface area (Å²) in [5.74, 6) is -1.35. The lowest BCUT2D eigenvalue weighted by molar-refractivity contribution is -0.122. The third-order valence-corrected chi connectivity index (χ3v) is 4.11. The molecule has 142 valence electrons. The van der Waals surface area contributed by atoms with E-state index >= 15 is 0 Å². The Labute approximate surface area is 152 Å². The SMILES string of the molecule is Cl.O=C(CCC1CCNCC1)NCC(O)COc1ccc(F)c(F)c1. The van der Waals surface area contributed by atoms with Crippen LogP contribution < -0.4 is 15.4 Å². The Kier molecular flexibility index (Phi) is 9.70. The summed E-state index contributed by atoms with van der Waals surface area (Å²) >= 11 is 0. The number of hydrogen-bond donors (Lipinski definition) is 3. The Morgan fingerprint density at radius 1 is 1.32 bits per heavy atom. The lowest BCUT2D eigenvalue weighted by atomic mass is 9.93. The largest absolute Gasteiger partial charge is 0.491 e. The average Bonchev–Trinajstić information content (AvgIpc) is 2.60. The van der Waals surface area contributed by atoms with Crippen LogP contribution in [-0.4, -0.2) is 43.4 Å². The van der Waals surface area contributed by atoms with Gasteiger partial charge in [-0.15, -0.1) is 12.4 Å². The number of nitrogens with one attached hydrogen (secondary N) is 2. The molecule has 1 aromatic carbocycles. The van der Waals surface area contributed by atoms with Crippen LogP contribution in [0.2, 0.25) is 0 Å². The summed E-state index contributed by atoms with van der Waals surface area (Å²) in [4.78, 5) is 11.8.